The Balaban J connectivity index is 0.00000280. The summed E-state index contributed by atoms with van der Waals surface area (Å²) in [4.78, 5) is 8.79. The molecule has 1 heterocycles. The molecule has 0 aliphatic carbocycles. The number of benzene rings is 2. The molecule has 0 spiro atoms. The van der Waals surface area contributed by atoms with E-state index in [-0.39, 0.29) is 29.9 Å². The Hall–Kier alpha value is -2.41. The van der Waals surface area contributed by atoms with Gasteiger partial charge in [-0.15, -0.1) is 24.0 Å². The van der Waals surface area contributed by atoms with Gasteiger partial charge in [-0.25, -0.2) is 0 Å². The molecule has 4 nitrogen and oxygen atoms in total. The lowest BCUT2D eigenvalue weighted by Crippen LogP contribution is -2.39. The molecule has 2 N–H and O–H groups in total. The van der Waals surface area contributed by atoms with Crippen LogP contribution in [0.3, 0.4) is 0 Å². The summed E-state index contributed by atoms with van der Waals surface area (Å²) in [6.45, 7) is 3.48. The van der Waals surface area contributed by atoms with Crippen LogP contribution >= 0.6 is 24.0 Å². The molecule has 28 heavy (non-hydrogen) atoms. The first-order valence-electron chi connectivity index (χ1n) is 9.23. The summed E-state index contributed by atoms with van der Waals surface area (Å²) in [5.41, 5.74) is 4.77. The molecule has 1 aromatic heterocycles. The first kappa shape index (κ1) is 21.9. The number of aliphatic imine (C=N–C) groups is 1. The minimum atomic E-state index is 0. The van der Waals surface area contributed by atoms with E-state index in [1.54, 1.807) is 7.05 Å². The lowest BCUT2D eigenvalue weighted by Gasteiger charge is -2.20. The number of halogens is 1. The van der Waals surface area contributed by atoms with Gasteiger partial charge < -0.3 is 10.6 Å². The van der Waals surface area contributed by atoms with Crippen LogP contribution in [0.25, 0.3) is 0 Å². The van der Waals surface area contributed by atoms with Crippen molar-refractivity contribution in [3.8, 4) is 0 Å². The van der Waals surface area contributed by atoms with Crippen LogP contribution in [-0.2, 0) is 6.54 Å². The molecule has 3 rings (SSSR count). The highest BCUT2D eigenvalue weighted by molar-refractivity contribution is 14.0. The zero-order valence-corrected chi connectivity index (χ0v) is 18.6. The third-order valence-electron chi connectivity index (χ3n) is 4.64. The molecule has 5 heteroatoms. The van der Waals surface area contributed by atoms with Crippen molar-refractivity contribution in [1.82, 2.24) is 15.6 Å². The first-order chi connectivity index (χ1) is 13.3. The second-order valence-corrected chi connectivity index (χ2v) is 6.45. The average molecular weight is 486 g/mol. The van der Waals surface area contributed by atoms with E-state index < -0.39 is 0 Å². The number of nitrogens with zero attached hydrogens (tertiary/aromatic N) is 2. The highest BCUT2D eigenvalue weighted by atomic mass is 127. The summed E-state index contributed by atoms with van der Waals surface area (Å²) in [6.07, 6.45) is 1.82. The van der Waals surface area contributed by atoms with Crippen molar-refractivity contribution in [1.29, 1.82) is 0 Å². The minimum absolute atomic E-state index is 0. The molecule has 0 aliphatic rings. The van der Waals surface area contributed by atoms with Gasteiger partial charge in [0.05, 0.1) is 12.2 Å². The second-order valence-electron chi connectivity index (χ2n) is 6.45. The van der Waals surface area contributed by atoms with Crippen molar-refractivity contribution in [3.05, 3.63) is 101 Å². The van der Waals surface area contributed by atoms with Gasteiger partial charge in [0.1, 0.15) is 0 Å². The molecule has 0 bridgehead atoms. The van der Waals surface area contributed by atoms with Crippen molar-refractivity contribution in [2.24, 2.45) is 4.99 Å². The number of aromatic nitrogens is 1. The van der Waals surface area contributed by atoms with Gasteiger partial charge in [0.15, 0.2) is 5.96 Å². The van der Waals surface area contributed by atoms with Gasteiger partial charge in [0.2, 0.25) is 0 Å². The molecule has 0 atom stereocenters. The minimum Gasteiger partial charge on any atom is -0.355 e. The van der Waals surface area contributed by atoms with Gasteiger partial charge in [0.25, 0.3) is 0 Å². The third-order valence-corrected chi connectivity index (χ3v) is 4.64. The second kappa shape index (κ2) is 11.4. The number of hydrogen-bond acceptors (Lipinski definition) is 2. The molecule has 2 aromatic carbocycles. The van der Waals surface area contributed by atoms with E-state index in [1.807, 2.05) is 12.3 Å². The van der Waals surface area contributed by atoms with Crippen molar-refractivity contribution in [3.63, 3.8) is 0 Å². The molecule has 0 fully saturated rings. The smallest absolute Gasteiger partial charge is 0.191 e. The molecule has 0 radical (unpaired) electrons. The Bertz CT molecular complexity index is 827. The van der Waals surface area contributed by atoms with Gasteiger partial charge in [-0.05, 0) is 29.7 Å². The highest BCUT2D eigenvalue weighted by Crippen LogP contribution is 2.23. The van der Waals surface area contributed by atoms with Crippen molar-refractivity contribution in [2.45, 2.75) is 19.4 Å². The number of hydrogen-bond donors (Lipinski definition) is 2. The summed E-state index contributed by atoms with van der Waals surface area (Å²) in [6, 6.07) is 25.2. The van der Waals surface area contributed by atoms with E-state index in [0.717, 1.165) is 18.2 Å². The molecule has 0 amide bonds. The lowest BCUT2D eigenvalue weighted by molar-refractivity contribution is 0.723. The Morgan fingerprint density at radius 3 is 2.04 bits per heavy atom. The number of nitrogens with one attached hydrogen (secondary N) is 2. The van der Waals surface area contributed by atoms with Gasteiger partial charge in [-0.3, -0.25) is 9.98 Å². The van der Waals surface area contributed by atoms with E-state index in [4.69, 9.17) is 0 Å². The third kappa shape index (κ3) is 6.05. The van der Waals surface area contributed by atoms with Crippen LogP contribution in [0.15, 0.2) is 84.0 Å². The van der Waals surface area contributed by atoms with Crippen molar-refractivity contribution >= 4 is 29.9 Å². The average Bonchev–Trinajstić information content (AvgIpc) is 2.73. The summed E-state index contributed by atoms with van der Waals surface area (Å²) in [5, 5.41) is 6.83. The van der Waals surface area contributed by atoms with E-state index in [9.17, 15) is 0 Å². The van der Waals surface area contributed by atoms with E-state index >= 15 is 0 Å². The van der Waals surface area contributed by atoms with Crippen LogP contribution in [0.4, 0.5) is 0 Å². The molecule has 0 saturated carbocycles. The highest BCUT2D eigenvalue weighted by Gasteiger charge is 2.14. The van der Waals surface area contributed by atoms with Crippen LogP contribution in [0.2, 0.25) is 0 Å². The van der Waals surface area contributed by atoms with Crippen LogP contribution in [-0.4, -0.2) is 24.5 Å². The molecular formula is C23H27IN4. The number of pyridine rings is 1. The fraction of sp³-hybridized carbons (Fsp3) is 0.217. The quantitative estimate of drug-likeness (QED) is 0.307. The van der Waals surface area contributed by atoms with Crippen LogP contribution in [0.5, 0.6) is 0 Å². The number of guanidine groups is 1. The largest absolute Gasteiger partial charge is 0.355 e. The zero-order chi connectivity index (χ0) is 18.9. The van der Waals surface area contributed by atoms with Crippen LogP contribution in [0, 0.1) is 6.92 Å². The van der Waals surface area contributed by atoms with Crippen LogP contribution < -0.4 is 10.6 Å². The normalized spacial score (nSPS) is 11.0. The van der Waals surface area contributed by atoms with E-state index in [1.165, 1.54) is 16.7 Å². The standard InChI is InChI=1S/C23H26N4.HI/c1-18-10-9-15-25-22(18)17-27-23(24-2)26-16-21(19-11-5-3-6-12-19)20-13-7-4-8-14-20;/h3-15,21H,16-17H2,1-2H3,(H2,24,26,27);1H. The molecule has 0 saturated heterocycles. The summed E-state index contributed by atoms with van der Waals surface area (Å²) < 4.78 is 0. The van der Waals surface area contributed by atoms with E-state index in [0.29, 0.717) is 6.54 Å². The maximum absolute atomic E-state index is 4.43. The number of rotatable bonds is 6. The SMILES string of the molecule is CN=C(NCc1ncccc1C)NCC(c1ccccc1)c1ccccc1.I. The molecule has 3 aromatic rings. The van der Waals surface area contributed by atoms with Gasteiger partial charge in [-0.2, -0.15) is 0 Å². The Labute approximate surface area is 184 Å². The fourth-order valence-corrected chi connectivity index (χ4v) is 3.09. The topological polar surface area (TPSA) is 49.3 Å². The lowest BCUT2D eigenvalue weighted by atomic mass is 9.91. The van der Waals surface area contributed by atoms with Gasteiger partial charge in [-0.1, -0.05) is 66.7 Å². The van der Waals surface area contributed by atoms with E-state index in [2.05, 4.69) is 94.3 Å². The maximum Gasteiger partial charge on any atom is 0.191 e. The Morgan fingerprint density at radius 2 is 1.50 bits per heavy atom. The first-order valence-corrected chi connectivity index (χ1v) is 9.23. The van der Waals surface area contributed by atoms with Gasteiger partial charge in [0, 0.05) is 25.7 Å². The molecule has 146 valence electrons. The number of aryl methyl sites for hydroxylation is 1. The van der Waals surface area contributed by atoms with Crippen molar-refractivity contribution < 1.29 is 0 Å². The fourth-order valence-electron chi connectivity index (χ4n) is 3.09. The van der Waals surface area contributed by atoms with Crippen molar-refractivity contribution in [2.75, 3.05) is 13.6 Å². The monoisotopic (exact) mass is 486 g/mol. The molecule has 0 unspecified atom stereocenters. The van der Waals surface area contributed by atoms with Crippen LogP contribution in [0.1, 0.15) is 28.3 Å². The Morgan fingerprint density at radius 1 is 0.893 bits per heavy atom. The Kier molecular flexibility index (Phi) is 8.94. The van der Waals surface area contributed by atoms with Gasteiger partial charge >= 0.3 is 0 Å². The zero-order valence-electron chi connectivity index (χ0n) is 16.3. The predicted molar refractivity (Wildman–Crippen MR) is 127 cm³/mol. The molecule has 0 aliphatic heterocycles. The summed E-state index contributed by atoms with van der Waals surface area (Å²) >= 11 is 0. The maximum atomic E-state index is 4.43. The summed E-state index contributed by atoms with van der Waals surface area (Å²) in [5.74, 6) is 1.03. The predicted octanol–water partition coefficient (Wildman–Crippen LogP) is 4.51. The summed E-state index contributed by atoms with van der Waals surface area (Å²) in [7, 11) is 1.79. The molecular weight excluding hydrogens is 459 g/mol.